The lowest BCUT2D eigenvalue weighted by Gasteiger charge is -2.32. The minimum Gasteiger partial charge on any atom is -0.486 e. The molecule has 0 bridgehead atoms. The summed E-state index contributed by atoms with van der Waals surface area (Å²) in [6, 6.07) is 5.63. The van der Waals surface area contributed by atoms with Gasteiger partial charge in [-0.3, -0.25) is 4.79 Å². The average Bonchev–Trinajstić information content (AvgIpc) is 3.09. The van der Waals surface area contributed by atoms with Crippen LogP contribution in [0, 0.1) is 12.8 Å². The first-order valence-electron chi connectivity index (χ1n) is 9.43. The highest BCUT2D eigenvalue weighted by Crippen LogP contribution is 2.32. The van der Waals surface area contributed by atoms with Gasteiger partial charge in [0.25, 0.3) is 5.91 Å². The van der Waals surface area contributed by atoms with Crippen LogP contribution in [0.1, 0.15) is 29.0 Å². The van der Waals surface area contributed by atoms with Crippen LogP contribution in [0.2, 0.25) is 0 Å². The van der Waals surface area contributed by atoms with Crippen LogP contribution in [0.5, 0.6) is 11.5 Å². The van der Waals surface area contributed by atoms with Crippen molar-refractivity contribution in [3.8, 4) is 17.2 Å². The van der Waals surface area contributed by atoms with Crippen molar-refractivity contribution in [3.05, 3.63) is 29.6 Å². The van der Waals surface area contributed by atoms with Gasteiger partial charge in [0.05, 0.1) is 11.4 Å². The second kappa shape index (κ2) is 8.79. The topological polar surface area (TPSA) is 81.5 Å². The Morgan fingerprint density at radius 2 is 2.07 bits per heavy atom. The van der Waals surface area contributed by atoms with Crippen LogP contribution in [0.4, 0.5) is 0 Å². The van der Waals surface area contributed by atoms with E-state index in [-0.39, 0.29) is 18.3 Å². The van der Waals surface area contributed by atoms with Gasteiger partial charge < -0.3 is 19.7 Å². The number of carbonyl (C=O) groups excluding carboxylic acids is 1. The summed E-state index contributed by atoms with van der Waals surface area (Å²) in [5.41, 5.74) is 1.94. The van der Waals surface area contributed by atoms with E-state index in [0.29, 0.717) is 30.6 Å². The Morgan fingerprint density at radius 3 is 2.86 bits per heavy atom. The number of rotatable bonds is 4. The molecule has 1 unspecified atom stereocenters. The predicted octanol–water partition coefficient (Wildman–Crippen LogP) is 1.84. The minimum absolute atomic E-state index is 0. The second-order valence-corrected chi connectivity index (χ2v) is 7.08. The van der Waals surface area contributed by atoms with Crippen LogP contribution in [0.3, 0.4) is 0 Å². The summed E-state index contributed by atoms with van der Waals surface area (Å²) in [5.74, 6) is 1.85. The molecule has 0 aliphatic carbocycles. The number of nitrogens with zero attached hydrogens (tertiary/aromatic N) is 4. The number of carbonyl (C=O) groups is 1. The highest BCUT2D eigenvalue weighted by Gasteiger charge is 2.28. The number of aromatic nitrogens is 3. The standard InChI is InChI=1S/C19H25N5O3.ClH/c1-13-18(19(25)23-7-3-4-14(12-23)11-20-2)21-22-24(13)15-5-6-16-17(10-15)27-9-8-26-16;/h5-6,10,14,20H,3-4,7-9,11-12H2,1-2H3;1H. The van der Waals surface area contributed by atoms with E-state index >= 15 is 0 Å². The van der Waals surface area contributed by atoms with Crippen LogP contribution in [-0.4, -0.2) is 65.7 Å². The van der Waals surface area contributed by atoms with E-state index in [2.05, 4.69) is 15.6 Å². The van der Waals surface area contributed by atoms with Gasteiger partial charge in [-0.25, -0.2) is 4.68 Å². The molecule has 152 valence electrons. The Bertz CT molecular complexity index is 839. The normalized spacial score (nSPS) is 18.5. The number of halogens is 1. The van der Waals surface area contributed by atoms with E-state index in [9.17, 15) is 4.79 Å². The molecule has 1 aromatic heterocycles. The maximum atomic E-state index is 13.0. The quantitative estimate of drug-likeness (QED) is 0.832. The van der Waals surface area contributed by atoms with Crippen LogP contribution < -0.4 is 14.8 Å². The summed E-state index contributed by atoms with van der Waals surface area (Å²) in [6.07, 6.45) is 2.17. The molecule has 2 aromatic rings. The zero-order valence-electron chi connectivity index (χ0n) is 16.2. The van der Waals surface area contributed by atoms with Crippen molar-refractivity contribution < 1.29 is 14.3 Å². The van der Waals surface area contributed by atoms with Crippen molar-refractivity contribution in [2.75, 3.05) is 39.9 Å². The third kappa shape index (κ3) is 3.93. The van der Waals surface area contributed by atoms with Gasteiger partial charge in [-0.15, -0.1) is 17.5 Å². The van der Waals surface area contributed by atoms with Crippen molar-refractivity contribution in [2.45, 2.75) is 19.8 Å². The van der Waals surface area contributed by atoms with Crippen molar-refractivity contribution in [2.24, 2.45) is 5.92 Å². The van der Waals surface area contributed by atoms with Crippen LogP contribution in [0.15, 0.2) is 18.2 Å². The molecular weight excluding hydrogens is 382 g/mol. The Kier molecular flexibility index (Phi) is 6.41. The van der Waals surface area contributed by atoms with Gasteiger partial charge in [0.15, 0.2) is 17.2 Å². The van der Waals surface area contributed by atoms with Gasteiger partial charge in [0.1, 0.15) is 13.2 Å². The number of benzene rings is 1. The maximum absolute atomic E-state index is 13.0. The first-order chi connectivity index (χ1) is 13.2. The van der Waals surface area contributed by atoms with Gasteiger partial charge >= 0.3 is 0 Å². The van der Waals surface area contributed by atoms with Gasteiger partial charge in [-0.2, -0.15) is 0 Å². The molecule has 3 heterocycles. The molecule has 1 N–H and O–H groups in total. The number of amides is 1. The minimum atomic E-state index is -0.0444. The van der Waals surface area contributed by atoms with E-state index in [1.165, 1.54) is 0 Å². The second-order valence-electron chi connectivity index (χ2n) is 7.08. The van der Waals surface area contributed by atoms with E-state index in [1.807, 2.05) is 37.1 Å². The van der Waals surface area contributed by atoms with E-state index in [0.717, 1.165) is 49.6 Å². The number of piperidine rings is 1. The molecule has 2 aliphatic rings. The third-order valence-corrected chi connectivity index (χ3v) is 5.17. The molecule has 0 spiro atoms. The largest absolute Gasteiger partial charge is 0.486 e. The maximum Gasteiger partial charge on any atom is 0.276 e. The number of ether oxygens (including phenoxy) is 2. The van der Waals surface area contributed by atoms with Gasteiger partial charge in [-0.1, -0.05) is 5.21 Å². The van der Waals surface area contributed by atoms with Crippen molar-refractivity contribution in [1.29, 1.82) is 0 Å². The third-order valence-electron chi connectivity index (χ3n) is 5.17. The molecule has 28 heavy (non-hydrogen) atoms. The zero-order valence-corrected chi connectivity index (χ0v) is 17.0. The summed E-state index contributed by atoms with van der Waals surface area (Å²) in [7, 11) is 1.95. The lowest BCUT2D eigenvalue weighted by atomic mass is 9.97. The molecular formula is C19H26ClN5O3. The molecule has 1 atom stereocenters. The number of fused-ring (bicyclic) bond motifs is 1. The van der Waals surface area contributed by atoms with Crippen LogP contribution in [-0.2, 0) is 0 Å². The Morgan fingerprint density at radius 1 is 1.29 bits per heavy atom. The molecule has 1 fully saturated rings. The van der Waals surface area contributed by atoms with Crippen molar-refractivity contribution >= 4 is 18.3 Å². The Labute approximate surface area is 170 Å². The van der Waals surface area contributed by atoms with E-state index in [1.54, 1.807) is 4.68 Å². The Balaban J connectivity index is 0.00000225. The molecule has 2 aliphatic heterocycles. The monoisotopic (exact) mass is 407 g/mol. The molecule has 9 heteroatoms. The molecule has 1 amide bonds. The predicted molar refractivity (Wildman–Crippen MR) is 107 cm³/mol. The fourth-order valence-corrected chi connectivity index (χ4v) is 3.79. The van der Waals surface area contributed by atoms with E-state index in [4.69, 9.17) is 9.47 Å². The summed E-state index contributed by atoms with van der Waals surface area (Å²) in [6.45, 7) is 5.41. The smallest absolute Gasteiger partial charge is 0.276 e. The fourth-order valence-electron chi connectivity index (χ4n) is 3.79. The fraction of sp³-hybridized carbons (Fsp3) is 0.526. The molecule has 8 nitrogen and oxygen atoms in total. The summed E-state index contributed by atoms with van der Waals surface area (Å²) >= 11 is 0. The Hall–Kier alpha value is -2.32. The highest BCUT2D eigenvalue weighted by atomic mass is 35.5. The van der Waals surface area contributed by atoms with Crippen molar-refractivity contribution in [3.63, 3.8) is 0 Å². The van der Waals surface area contributed by atoms with Crippen LogP contribution >= 0.6 is 12.4 Å². The number of hydrogen-bond acceptors (Lipinski definition) is 6. The van der Waals surface area contributed by atoms with Gasteiger partial charge in [-0.05, 0) is 51.4 Å². The van der Waals surface area contributed by atoms with E-state index < -0.39 is 0 Å². The molecule has 1 saturated heterocycles. The lowest BCUT2D eigenvalue weighted by Crippen LogP contribution is -2.42. The highest BCUT2D eigenvalue weighted by molar-refractivity contribution is 5.93. The van der Waals surface area contributed by atoms with Crippen molar-refractivity contribution in [1.82, 2.24) is 25.2 Å². The average molecular weight is 408 g/mol. The number of nitrogens with one attached hydrogen (secondary N) is 1. The van der Waals surface area contributed by atoms with Crippen LogP contribution in [0.25, 0.3) is 5.69 Å². The molecule has 1 aromatic carbocycles. The first-order valence-corrected chi connectivity index (χ1v) is 9.43. The molecule has 0 radical (unpaired) electrons. The van der Waals surface area contributed by atoms with Gasteiger partial charge in [0.2, 0.25) is 0 Å². The number of hydrogen-bond donors (Lipinski definition) is 1. The van der Waals surface area contributed by atoms with Gasteiger partial charge in [0, 0.05) is 19.2 Å². The molecule has 4 rings (SSSR count). The summed E-state index contributed by atoms with van der Waals surface area (Å²) < 4.78 is 12.9. The lowest BCUT2D eigenvalue weighted by molar-refractivity contribution is 0.0667. The molecule has 0 saturated carbocycles. The summed E-state index contributed by atoms with van der Waals surface area (Å²) in [4.78, 5) is 14.9. The summed E-state index contributed by atoms with van der Waals surface area (Å²) in [5, 5.41) is 11.6. The zero-order chi connectivity index (χ0) is 18.8. The SMILES string of the molecule is CNCC1CCCN(C(=O)c2nnn(-c3ccc4c(c3)OCCO4)c2C)C1.Cl. The number of likely N-dealkylation sites (tertiary alicyclic amines) is 1. The first kappa shape index (κ1) is 20.4.